The average Bonchev–Trinajstić information content (AvgIpc) is 0.843. The van der Waals surface area contributed by atoms with Crippen molar-refractivity contribution in [3.8, 4) is 27.9 Å². The molecular weight excluding hydrogens is 1380 g/mol. The van der Waals surface area contributed by atoms with E-state index >= 15 is 0 Å². The molecule has 0 fully saturated rings. The number of aromatic nitrogens is 1. The maximum atomic E-state index is 2.75. The van der Waals surface area contributed by atoms with E-state index in [1.54, 1.807) is 0 Å². The number of hydrogen-bond donors (Lipinski definition) is 0. The quantitative estimate of drug-likeness (QED) is 0.0842. The van der Waals surface area contributed by atoms with Gasteiger partial charge in [-0.2, -0.15) is 0 Å². The van der Waals surface area contributed by atoms with Gasteiger partial charge in [0.05, 0.1) is 16.7 Å². The van der Waals surface area contributed by atoms with E-state index in [2.05, 4.69) is 461 Å². The van der Waals surface area contributed by atoms with E-state index in [4.69, 9.17) is 0 Å². The van der Waals surface area contributed by atoms with Gasteiger partial charge < -0.3 is 14.4 Å². The molecule has 1 aromatic heterocycles. The third kappa shape index (κ3) is 12.0. The van der Waals surface area contributed by atoms with Gasteiger partial charge >= 0.3 is 0 Å². The summed E-state index contributed by atoms with van der Waals surface area (Å²) in [6.07, 6.45) is 0. The van der Waals surface area contributed by atoms with Gasteiger partial charge in [0.25, 0.3) is 6.71 Å². The zero-order valence-electron chi connectivity index (χ0n) is 66.6. The predicted octanol–water partition coefficient (Wildman–Crippen LogP) is 20.1. The first-order valence-corrected chi connectivity index (χ1v) is 44.0. The third-order valence-corrected chi connectivity index (χ3v) is 33.7. The van der Waals surface area contributed by atoms with Crippen LogP contribution in [0.3, 0.4) is 0 Å². The molecule has 3 heterocycles. The number of benzene rings is 15. The molecule has 112 heavy (non-hydrogen) atoms. The minimum absolute atomic E-state index is 0.101. The average molecular weight is 1480 g/mol. The predicted molar refractivity (Wildman–Crippen MR) is 488 cm³/mol. The van der Waals surface area contributed by atoms with Gasteiger partial charge in [-0.15, -0.1) is 0 Å². The SMILES string of the molecule is CC(C)(C)c1cccc([Si](c2ccccc2)(c2ccccc2)c2cccc(N3c4cc(-n5c6ccccc6c6ccccc65)cc5c4B(c4cc(C(C)(C)C)cc(-c6ccccc6)c43)c3cc(C(C)(C)C)cc(-c4ccccc4)c3N5c3cccc([Si](c4ccccc4)(c4ccccc4)c4cccc(C(C)(C)C)c4)c3)c2)c1. The van der Waals surface area contributed by atoms with Crippen LogP contribution in [-0.2, 0) is 21.7 Å². The molecule has 6 heteroatoms. The molecule has 18 rings (SSSR count). The van der Waals surface area contributed by atoms with E-state index in [1.807, 2.05) is 0 Å². The first-order valence-electron chi connectivity index (χ1n) is 40.0. The van der Waals surface area contributed by atoms with Crippen LogP contribution in [0, 0.1) is 0 Å². The van der Waals surface area contributed by atoms with Crippen molar-refractivity contribution in [1.29, 1.82) is 0 Å². The van der Waals surface area contributed by atoms with Crippen LogP contribution < -0.4 is 67.7 Å². The molecule has 2 aliphatic rings. The molecule has 16 aromatic rings. The Bertz CT molecular complexity index is 5790. The van der Waals surface area contributed by atoms with Crippen molar-refractivity contribution in [3.05, 3.63) is 386 Å². The molecule has 0 atom stereocenters. The highest BCUT2D eigenvalue weighted by molar-refractivity contribution is 7.20. The van der Waals surface area contributed by atoms with Crippen LogP contribution >= 0.6 is 0 Å². The molecule has 0 spiro atoms. The van der Waals surface area contributed by atoms with Crippen molar-refractivity contribution >= 4 is 137 Å². The lowest BCUT2D eigenvalue weighted by molar-refractivity contribution is 0.590. The van der Waals surface area contributed by atoms with Gasteiger partial charge in [0.15, 0.2) is 16.1 Å². The minimum Gasteiger partial charge on any atom is -0.311 e. The summed E-state index contributed by atoms with van der Waals surface area (Å²) in [5.41, 5.74) is 23.3. The highest BCUT2D eigenvalue weighted by Crippen LogP contribution is 2.52. The summed E-state index contributed by atoms with van der Waals surface area (Å²) in [5, 5.41) is 13.1. The topological polar surface area (TPSA) is 11.4 Å². The Kier molecular flexibility index (Phi) is 17.7. The molecule has 0 unspecified atom stereocenters. The summed E-state index contributed by atoms with van der Waals surface area (Å²) >= 11 is 0. The number of fused-ring (bicyclic) bond motifs is 7. The van der Waals surface area contributed by atoms with E-state index in [0.29, 0.717) is 0 Å². The standard InChI is InChI=1S/C106H96BN3Si2/c1-103(2,3)75-43-35-55-86(63-75)111(82-47-23-15-24-48-82,83-49-25-16-26-50-83)88-57-37-45-79(69-88)109-98-71-81(108-96-61-33-31-59-90(96)91-60-32-34-62-97(91)108)72-99-100(98)107(94-67-77(105(7,8)9)65-92(101(94)109)73-39-19-13-20-40-73)95-68-78(106(10,11)12)66-93(74-41-21-14-22-42-74)102(95)110(99)80-46-38-58-89(70-80)112(84-51-27-17-28-52-84,85-53-29-18-30-54-85)87-56-36-44-76(64-87)104(4,5)6/h13-72H,1-12H3. The fourth-order valence-corrected chi connectivity index (χ4v) is 28.2. The fraction of sp³-hybridized carbons (Fsp3) is 0.151. The monoisotopic (exact) mass is 1480 g/mol. The summed E-state index contributed by atoms with van der Waals surface area (Å²) in [7, 11) is -6.49. The molecule has 0 bridgehead atoms. The van der Waals surface area contributed by atoms with Gasteiger partial charge in [-0.3, -0.25) is 0 Å². The lowest BCUT2D eigenvalue weighted by Crippen LogP contribution is -2.74. The lowest BCUT2D eigenvalue weighted by atomic mass is 9.32. The van der Waals surface area contributed by atoms with E-state index in [9.17, 15) is 0 Å². The maximum Gasteiger partial charge on any atom is 0.252 e. The number of rotatable bonds is 13. The van der Waals surface area contributed by atoms with Crippen molar-refractivity contribution in [2.75, 3.05) is 9.80 Å². The van der Waals surface area contributed by atoms with Crippen LogP contribution in [0.15, 0.2) is 364 Å². The van der Waals surface area contributed by atoms with E-state index in [-0.39, 0.29) is 28.4 Å². The Morgan fingerprint density at radius 3 is 0.875 bits per heavy atom. The van der Waals surface area contributed by atoms with Crippen molar-refractivity contribution in [2.45, 2.75) is 105 Å². The molecule has 15 aromatic carbocycles. The van der Waals surface area contributed by atoms with Crippen LogP contribution in [-0.4, -0.2) is 27.4 Å². The van der Waals surface area contributed by atoms with Crippen LogP contribution in [0.25, 0.3) is 49.7 Å². The number of hydrogen-bond acceptors (Lipinski definition) is 2. The summed E-state index contributed by atoms with van der Waals surface area (Å²) in [5.74, 6) is 0. The summed E-state index contributed by atoms with van der Waals surface area (Å²) < 4.78 is 2.57. The molecule has 0 amide bonds. The van der Waals surface area contributed by atoms with Crippen molar-refractivity contribution in [3.63, 3.8) is 0 Å². The zero-order valence-corrected chi connectivity index (χ0v) is 68.6. The third-order valence-electron chi connectivity index (χ3n) is 24.2. The largest absolute Gasteiger partial charge is 0.311 e. The number of anilines is 6. The van der Waals surface area contributed by atoms with Gasteiger partial charge in [-0.25, -0.2) is 0 Å². The smallest absolute Gasteiger partial charge is 0.252 e. The summed E-state index contributed by atoms with van der Waals surface area (Å²) in [4.78, 5) is 5.49. The van der Waals surface area contributed by atoms with Gasteiger partial charge in [0, 0.05) is 56.0 Å². The van der Waals surface area contributed by atoms with Crippen LogP contribution in [0.2, 0.25) is 0 Å². The second kappa shape index (κ2) is 27.6. The van der Waals surface area contributed by atoms with Gasteiger partial charge in [0.2, 0.25) is 0 Å². The Morgan fingerprint density at radius 1 is 0.241 bits per heavy atom. The van der Waals surface area contributed by atoms with Crippen molar-refractivity contribution in [2.24, 2.45) is 0 Å². The maximum absolute atomic E-state index is 3.24. The lowest BCUT2D eigenvalue weighted by Gasteiger charge is -2.47. The second-order valence-electron chi connectivity index (χ2n) is 35.3. The molecule has 0 aliphatic carbocycles. The van der Waals surface area contributed by atoms with Crippen LogP contribution in [0.4, 0.5) is 34.1 Å². The first-order chi connectivity index (χ1) is 54.1. The molecule has 546 valence electrons. The summed E-state index contributed by atoms with van der Waals surface area (Å²) in [6, 6.07) is 142. The van der Waals surface area contributed by atoms with Gasteiger partial charge in [-0.05, 0) is 174 Å². The first kappa shape index (κ1) is 71.8. The van der Waals surface area contributed by atoms with E-state index < -0.39 is 16.1 Å². The summed E-state index contributed by atoms with van der Waals surface area (Å²) in [6.45, 7) is 28.3. The minimum atomic E-state index is -3.24. The Balaban J connectivity index is 1.04. The van der Waals surface area contributed by atoms with Crippen LogP contribution in [0.1, 0.15) is 105 Å². The van der Waals surface area contributed by atoms with Crippen molar-refractivity contribution in [1.82, 2.24) is 4.57 Å². The molecule has 0 N–H and O–H groups in total. The molecular formula is C106H96BN3Si2. The molecule has 0 saturated carbocycles. The molecule has 2 aliphatic heterocycles. The van der Waals surface area contributed by atoms with E-state index in [1.165, 1.54) is 125 Å². The molecule has 0 radical (unpaired) electrons. The highest BCUT2D eigenvalue weighted by atomic mass is 28.3. The van der Waals surface area contributed by atoms with Gasteiger partial charge in [-0.1, -0.05) is 386 Å². The fourth-order valence-electron chi connectivity index (χ4n) is 18.6. The highest BCUT2D eigenvalue weighted by Gasteiger charge is 2.50. The molecule has 3 nitrogen and oxygen atoms in total. The Labute approximate surface area is 665 Å². The normalized spacial score (nSPS) is 13.1. The Hall–Kier alpha value is -11.8. The zero-order chi connectivity index (χ0) is 77.1. The number of para-hydroxylation sites is 2. The van der Waals surface area contributed by atoms with Gasteiger partial charge in [0.1, 0.15) is 0 Å². The van der Waals surface area contributed by atoms with E-state index in [0.717, 1.165) is 39.5 Å². The second-order valence-corrected chi connectivity index (χ2v) is 42.9. The Morgan fingerprint density at radius 2 is 0.536 bits per heavy atom. The number of nitrogens with zero attached hydrogens (tertiary/aromatic N) is 3. The van der Waals surface area contributed by atoms with Crippen molar-refractivity contribution < 1.29 is 0 Å². The van der Waals surface area contributed by atoms with Crippen LogP contribution in [0.5, 0.6) is 0 Å². The molecule has 0 saturated heterocycles.